The topological polar surface area (TPSA) is 29.5 Å². The predicted molar refractivity (Wildman–Crippen MR) is 51.1 cm³/mol. The molecule has 1 heterocycles. The average Bonchev–Trinajstić information content (AvgIpc) is 2.21. The first-order valence-corrected chi connectivity index (χ1v) is 5.03. The molecule has 0 aromatic rings. The van der Waals surface area contributed by atoms with Gasteiger partial charge in [-0.15, -0.1) is 0 Å². The van der Waals surface area contributed by atoms with E-state index in [2.05, 4.69) is 6.92 Å². The average molecular weight is 174 g/mol. The third-order valence-corrected chi connectivity index (χ3v) is 2.36. The molecule has 1 unspecified atom stereocenters. The molecule has 1 saturated heterocycles. The summed E-state index contributed by atoms with van der Waals surface area (Å²) in [5.74, 6) is 1.16. The Morgan fingerprint density at radius 3 is 2.25 bits per heavy atom. The van der Waals surface area contributed by atoms with Crippen molar-refractivity contribution in [2.75, 3.05) is 19.8 Å². The van der Waals surface area contributed by atoms with Crippen LogP contribution >= 0.6 is 0 Å². The first kappa shape index (κ1) is 11.9. The minimum atomic E-state index is 0.324. The monoisotopic (exact) mass is 174 g/mol. The smallest absolute Gasteiger partial charge is 0.0468 e. The number of aliphatic hydroxyl groups excluding tert-OH is 1. The van der Waals surface area contributed by atoms with E-state index in [1.807, 2.05) is 13.8 Å². The molecule has 12 heavy (non-hydrogen) atoms. The Morgan fingerprint density at radius 2 is 1.83 bits per heavy atom. The van der Waals surface area contributed by atoms with Gasteiger partial charge in [0.2, 0.25) is 0 Å². The molecule has 1 fully saturated rings. The number of hydrogen-bond donors (Lipinski definition) is 1. The molecule has 74 valence electrons. The van der Waals surface area contributed by atoms with E-state index in [-0.39, 0.29) is 0 Å². The molecule has 2 nitrogen and oxygen atoms in total. The molecular formula is C10H22O2. The molecule has 0 saturated carbocycles. The Kier molecular flexibility index (Phi) is 7.51. The van der Waals surface area contributed by atoms with E-state index >= 15 is 0 Å². The molecule has 2 heteroatoms. The molecule has 1 rings (SSSR count). The van der Waals surface area contributed by atoms with Gasteiger partial charge in [-0.1, -0.05) is 20.8 Å². The van der Waals surface area contributed by atoms with E-state index in [0.29, 0.717) is 18.4 Å². The van der Waals surface area contributed by atoms with Crippen molar-refractivity contribution < 1.29 is 9.84 Å². The zero-order valence-electron chi connectivity index (χ0n) is 8.55. The highest BCUT2D eigenvalue weighted by molar-refractivity contribution is 4.68. The Balaban J connectivity index is 0.000000561. The van der Waals surface area contributed by atoms with E-state index in [0.717, 1.165) is 26.1 Å². The van der Waals surface area contributed by atoms with E-state index in [1.165, 1.54) is 0 Å². The minimum Gasteiger partial charge on any atom is -0.396 e. The molecule has 0 bridgehead atoms. The van der Waals surface area contributed by atoms with Crippen molar-refractivity contribution in [1.29, 1.82) is 0 Å². The van der Waals surface area contributed by atoms with Crippen molar-refractivity contribution in [1.82, 2.24) is 0 Å². The van der Waals surface area contributed by atoms with Gasteiger partial charge in [0.1, 0.15) is 0 Å². The molecule has 0 aromatic carbocycles. The van der Waals surface area contributed by atoms with Crippen molar-refractivity contribution in [3.8, 4) is 0 Å². The highest BCUT2D eigenvalue weighted by Gasteiger charge is 2.19. The lowest BCUT2D eigenvalue weighted by molar-refractivity contribution is 0.0377. The second-order valence-electron chi connectivity index (χ2n) is 3.11. The molecule has 0 aliphatic carbocycles. The summed E-state index contributed by atoms with van der Waals surface area (Å²) in [6.45, 7) is 8.20. The van der Waals surface area contributed by atoms with Crippen LogP contribution < -0.4 is 0 Å². The van der Waals surface area contributed by atoms with Crippen LogP contribution in [0.4, 0.5) is 0 Å². The van der Waals surface area contributed by atoms with Crippen LogP contribution in [-0.4, -0.2) is 24.9 Å². The zero-order valence-corrected chi connectivity index (χ0v) is 8.55. The summed E-state index contributed by atoms with van der Waals surface area (Å²) < 4.78 is 5.21. The molecule has 0 amide bonds. The molecule has 1 N–H and O–H groups in total. The van der Waals surface area contributed by atoms with Crippen LogP contribution in [0.1, 0.15) is 33.6 Å². The van der Waals surface area contributed by atoms with Gasteiger partial charge in [0.25, 0.3) is 0 Å². The van der Waals surface area contributed by atoms with Gasteiger partial charge in [-0.05, 0) is 24.7 Å². The van der Waals surface area contributed by atoms with E-state index in [9.17, 15) is 0 Å². The minimum absolute atomic E-state index is 0.324. The summed E-state index contributed by atoms with van der Waals surface area (Å²) >= 11 is 0. The molecule has 0 aromatic heterocycles. The van der Waals surface area contributed by atoms with Crippen molar-refractivity contribution in [2.45, 2.75) is 33.6 Å². The first-order valence-electron chi connectivity index (χ1n) is 5.03. The summed E-state index contributed by atoms with van der Waals surface area (Å²) in [5.41, 5.74) is 0. The van der Waals surface area contributed by atoms with Gasteiger partial charge in [-0.2, -0.15) is 0 Å². The van der Waals surface area contributed by atoms with Gasteiger partial charge in [0, 0.05) is 19.8 Å². The fourth-order valence-electron chi connectivity index (χ4n) is 1.43. The third kappa shape index (κ3) is 4.07. The van der Waals surface area contributed by atoms with Crippen molar-refractivity contribution in [3.05, 3.63) is 0 Å². The van der Waals surface area contributed by atoms with E-state index < -0.39 is 0 Å². The van der Waals surface area contributed by atoms with Crippen LogP contribution in [0, 0.1) is 11.8 Å². The van der Waals surface area contributed by atoms with Crippen LogP contribution in [0.25, 0.3) is 0 Å². The number of ether oxygens (including phenoxy) is 1. The molecule has 1 aliphatic heterocycles. The predicted octanol–water partition coefficient (Wildman–Crippen LogP) is 2.07. The van der Waals surface area contributed by atoms with Crippen LogP contribution in [0.2, 0.25) is 0 Å². The van der Waals surface area contributed by atoms with E-state index in [4.69, 9.17) is 9.84 Å². The van der Waals surface area contributed by atoms with Crippen LogP contribution in [0.5, 0.6) is 0 Å². The molecule has 1 aliphatic rings. The summed E-state index contributed by atoms with van der Waals surface area (Å²) in [6.07, 6.45) is 2.25. The maximum absolute atomic E-state index is 8.85. The second kappa shape index (κ2) is 7.56. The first-order chi connectivity index (χ1) is 5.84. The van der Waals surface area contributed by atoms with Gasteiger partial charge in [0.05, 0.1) is 0 Å². The molecule has 0 radical (unpaired) electrons. The van der Waals surface area contributed by atoms with Gasteiger partial charge in [0.15, 0.2) is 0 Å². The fraction of sp³-hybridized carbons (Fsp3) is 1.00. The normalized spacial score (nSPS) is 21.0. The van der Waals surface area contributed by atoms with Gasteiger partial charge in [-0.25, -0.2) is 0 Å². The molecule has 0 spiro atoms. The number of rotatable bonds is 2. The lowest BCUT2D eigenvalue weighted by Crippen LogP contribution is -2.23. The van der Waals surface area contributed by atoms with Crippen molar-refractivity contribution in [3.63, 3.8) is 0 Å². The maximum Gasteiger partial charge on any atom is 0.0468 e. The fourth-order valence-corrected chi connectivity index (χ4v) is 1.43. The standard InChI is InChI=1S/C8H16O2.C2H6/c1-7(6-9)8-2-4-10-5-3-8;1-2/h7-9H,2-6H2,1H3;1-2H3. The van der Waals surface area contributed by atoms with E-state index in [1.54, 1.807) is 0 Å². The Hall–Kier alpha value is -0.0800. The molecule has 1 atom stereocenters. The summed E-state index contributed by atoms with van der Waals surface area (Å²) in [7, 11) is 0. The molecular weight excluding hydrogens is 152 g/mol. The Morgan fingerprint density at radius 1 is 1.33 bits per heavy atom. The lowest BCUT2D eigenvalue weighted by Gasteiger charge is -2.26. The SMILES string of the molecule is CC.CC(CO)C1CCOCC1. The number of hydrogen-bond acceptors (Lipinski definition) is 2. The third-order valence-electron chi connectivity index (χ3n) is 2.36. The Labute approximate surface area is 75.9 Å². The maximum atomic E-state index is 8.85. The van der Waals surface area contributed by atoms with Crippen molar-refractivity contribution in [2.24, 2.45) is 11.8 Å². The van der Waals surface area contributed by atoms with Gasteiger partial charge < -0.3 is 9.84 Å². The lowest BCUT2D eigenvalue weighted by atomic mass is 9.88. The van der Waals surface area contributed by atoms with Gasteiger partial charge in [-0.3, -0.25) is 0 Å². The van der Waals surface area contributed by atoms with Crippen LogP contribution in [-0.2, 0) is 4.74 Å². The Bertz CT molecular complexity index is 87.8. The summed E-state index contributed by atoms with van der Waals surface area (Å²) in [6, 6.07) is 0. The summed E-state index contributed by atoms with van der Waals surface area (Å²) in [4.78, 5) is 0. The highest BCUT2D eigenvalue weighted by atomic mass is 16.5. The largest absolute Gasteiger partial charge is 0.396 e. The van der Waals surface area contributed by atoms with Gasteiger partial charge >= 0.3 is 0 Å². The summed E-state index contributed by atoms with van der Waals surface area (Å²) in [5, 5.41) is 8.85. The zero-order chi connectivity index (χ0) is 9.40. The van der Waals surface area contributed by atoms with Crippen molar-refractivity contribution >= 4 is 0 Å². The van der Waals surface area contributed by atoms with Crippen LogP contribution in [0.3, 0.4) is 0 Å². The number of aliphatic hydroxyl groups is 1. The highest BCUT2D eigenvalue weighted by Crippen LogP contribution is 2.22. The van der Waals surface area contributed by atoms with Crippen LogP contribution in [0.15, 0.2) is 0 Å². The second-order valence-corrected chi connectivity index (χ2v) is 3.11. The quantitative estimate of drug-likeness (QED) is 0.694.